The van der Waals surface area contributed by atoms with Gasteiger partial charge in [-0.2, -0.15) is 0 Å². The van der Waals surface area contributed by atoms with Gasteiger partial charge < -0.3 is 19.4 Å². The van der Waals surface area contributed by atoms with Crippen LogP contribution in [0, 0.1) is 0 Å². The first kappa shape index (κ1) is 18.6. The van der Waals surface area contributed by atoms with Crippen LogP contribution in [0.15, 0.2) is 47.6 Å². The molecule has 0 radical (unpaired) electrons. The molecule has 2 aromatic rings. The number of hydrogen-bond donors (Lipinski definition) is 1. The van der Waals surface area contributed by atoms with E-state index in [0.29, 0.717) is 30.3 Å². The molecule has 5 nitrogen and oxygen atoms in total. The molecule has 1 N–H and O–H groups in total. The van der Waals surface area contributed by atoms with Gasteiger partial charge in [0, 0.05) is 5.56 Å². The van der Waals surface area contributed by atoms with Crippen LogP contribution >= 0.6 is 0 Å². The first-order valence-electron chi connectivity index (χ1n) is 8.16. The van der Waals surface area contributed by atoms with Crippen molar-refractivity contribution < 1.29 is 19.4 Å². The Bertz CT molecular complexity index is 703. The summed E-state index contributed by atoms with van der Waals surface area (Å²) in [7, 11) is 1.56. The van der Waals surface area contributed by atoms with Gasteiger partial charge in [0.2, 0.25) is 0 Å². The maximum atomic E-state index is 8.76. The molecule has 134 valence electrons. The molecule has 0 saturated carbocycles. The van der Waals surface area contributed by atoms with Crippen LogP contribution in [0.3, 0.4) is 0 Å². The van der Waals surface area contributed by atoms with Crippen LogP contribution in [0.4, 0.5) is 0 Å². The van der Waals surface area contributed by atoms with Crippen LogP contribution in [0.2, 0.25) is 0 Å². The first-order chi connectivity index (χ1) is 12.0. The zero-order valence-electron chi connectivity index (χ0n) is 15.2. The summed E-state index contributed by atoms with van der Waals surface area (Å²) in [5.41, 5.74) is 2.02. The zero-order valence-corrected chi connectivity index (χ0v) is 15.2. The van der Waals surface area contributed by atoms with E-state index in [-0.39, 0.29) is 5.41 Å². The monoisotopic (exact) mass is 343 g/mol. The van der Waals surface area contributed by atoms with Crippen LogP contribution < -0.4 is 14.2 Å². The fourth-order valence-electron chi connectivity index (χ4n) is 2.37. The number of hydrogen-bond acceptors (Lipinski definition) is 5. The van der Waals surface area contributed by atoms with Gasteiger partial charge in [0.1, 0.15) is 19.0 Å². The smallest absolute Gasteiger partial charge is 0.170 e. The molecule has 25 heavy (non-hydrogen) atoms. The summed E-state index contributed by atoms with van der Waals surface area (Å²) in [4.78, 5) is 0. The quantitative estimate of drug-likeness (QED) is 0.353. The normalized spacial score (nSPS) is 11.5. The molecule has 0 amide bonds. The van der Waals surface area contributed by atoms with Crippen molar-refractivity contribution in [1.29, 1.82) is 0 Å². The van der Waals surface area contributed by atoms with Crippen LogP contribution in [0.1, 0.15) is 31.9 Å². The number of nitrogens with zero attached hydrogens (tertiary/aromatic N) is 1. The maximum absolute atomic E-state index is 8.76. The zero-order chi connectivity index (χ0) is 18.3. The van der Waals surface area contributed by atoms with Crippen molar-refractivity contribution in [2.45, 2.75) is 26.2 Å². The fraction of sp³-hybridized carbons (Fsp3) is 0.350. The van der Waals surface area contributed by atoms with E-state index in [4.69, 9.17) is 19.4 Å². The molecule has 0 atom stereocenters. The van der Waals surface area contributed by atoms with Gasteiger partial charge in [0.15, 0.2) is 11.5 Å². The van der Waals surface area contributed by atoms with Crippen molar-refractivity contribution in [3.8, 4) is 17.2 Å². The molecular weight excluding hydrogens is 318 g/mol. The molecule has 2 rings (SSSR count). The van der Waals surface area contributed by atoms with Crippen LogP contribution in [0.25, 0.3) is 0 Å². The second kappa shape index (κ2) is 8.42. The summed E-state index contributed by atoms with van der Waals surface area (Å²) >= 11 is 0. The highest BCUT2D eigenvalue weighted by molar-refractivity contribution is 5.84. The molecule has 0 aliphatic heterocycles. The molecule has 5 heteroatoms. The molecule has 0 aromatic heterocycles. The minimum Gasteiger partial charge on any atom is -0.493 e. The molecule has 0 fully saturated rings. The van der Waals surface area contributed by atoms with Crippen molar-refractivity contribution in [2.24, 2.45) is 5.16 Å². The molecule has 0 spiro atoms. The Morgan fingerprint density at radius 2 is 1.68 bits per heavy atom. The van der Waals surface area contributed by atoms with E-state index in [2.05, 4.69) is 38.1 Å². The highest BCUT2D eigenvalue weighted by Gasteiger charge is 2.13. The lowest BCUT2D eigenvalue weighted by molar-refractivity contribution is 0.211. The average Bonchev–Trinajstić information content (AvgIpc) is 2.59. The van der Waals surface area contributed by atoms with E-state index < -0.39 is 0 Å². The number of methoxy groups -OCH3 is 1. The molecule has 0 unspecified atom stereocenters. The van der Waals surface area contributed by atoms with E-state index in [9.17, 15) is 0 Å². The highest BCUT2D eigenvalue weighted by atomic mass is 16.5. The van der Waals surface area contributed by atoms with Gasteiger partial charge in [-0.3, -0.25) is 0 Å². The number of rotatable bonds is 7. The Labute approximate surface area is 148 Å². The summed E-state index contributed by atoms with van der Waals surface area (Å²) < 4.78 is 16.8. The van der Waals surface area contributed by atoms with Crippen LogP contribution in [-0.2, 0) is 5.41 Å². The summed E-state index contributed by atoms with van der Waals surface area (Å²) in [6.07, 6.45) is 1.31. The van der Waals surface area contributed by atoms with Gasteiger partial charge in [0.25, 0.3) is 0 Å². The molecule has 0 bridgehead atoms. The SMILES string of the molecule is COc1cccc(C=NO)c1OCCOc1ccc(C(C)(C)C)cc1. The van der Waals surface area contributed by atoms with E-state index in [1.807, 2.05) is 12.1 Å². The molecular formula is C20H25NO4. The molecule has 0 aliphatic carbocycles. The Balaban J connectivity index is 1.93. The minimum atomic E-state index is 0.121. The number of para-hydroxylation sites is 1. The summed E-state index contributed by atoms with van der Waals surface area (Å²) in [6, 6.07) is 13.5. The minimum absolute atomic E-state index is 0.121. The van der Waals surface area contributed by atoms with E-state index >= 15 is 0 Å². The third kappa shape index (κ3) is 5.14. The Kier molecular flexibility index (Phi) is 6.28. The predicted molar refractivity (Wildman–Crippen MR) is 98.5 cm³/mol. The third-order valence-electron chi connectivity index (χ3n) is 3.74. The summed E-state index contributed by atoms with van der Waals surface area (Å²) in [5.74, 6) is 1.90. The average molecular weight is 343 g/mol. The van der Waals surface area contributed by atoms with E-state index in [0.717, 1.165) is 5.75 Å². The van der Waals surface area contributed by atoms with Crippen LogP contribution in [0.5, 0.6) is 17.2 Å². The van der Waals surface area contributed by atoms with Crippen molar-refractivity contribution in [3.05, 3.63) is 53.6 Å². The van der Waals surface area contributed by atoms with Gasteiger partial charge in [0.05, 0.1) is 13.3 Å². The first-order valence-corrected chi connectivity index (χ1v) is 8.16. The Morgan fingerprint density at radius 1 is 1.00 bits per heavy atom. The maximum Gasteiger partial charge on any atom is 0.170 e. The standard InChI is InChI=1S/C20H25NO4/c1-20(2,3)16-8-10-17(11-9-16)24-12-13-25-19-15(14-21-22)6-5-7-18(19)23-4/h5-11,14,22H,12-13H2,1-4H3. The van der Waals surface area contributed by atoms with Crippen LogP contribution in [-0.4, -0.2) is 31.7 Å². The topological polar surface area (TPSA) is 60.3 Å². The van der Waals surface area contributed by atoms with Crippen molar-refractivity contribution in [1.82, 2.24) is 0 Å². The predicted octanol–water partition coefficient (Wildman–Crippen LogP) is 4.26. The van der Waals surface area contributed by atoms with E-state index in [1.165, 1.54) is 11.8 Å². The Hall–Kier alpha value is -2.69. The fourth-order valence-corrected chi connectivity index (χ4v) is 2.37. The van der Waals surface area contributed by atoms with Crippen molar-refractivity contribution in [3.63, 3.8) is 0 Å². The van der Waals surface area contributed by atoms with Crippen molar-refractivity contribution >= 4 is 6.21 Å². The van der Waals surface area contributed by atoms with Gasteiger partial charge in [-0.05, 0) is 35.2 Å². The lowest BCUT2D eigenvalue weighted by Gasteiger charge is -2.19. The van der Waals surface area contributed by atoms with Crippen molar-refractivity contribution in [2.75, 3.05) is 20.3 Å². The lowest BCUT2D eigenvalue weighted by atomic mass is 9.87. The highest BCUT2D eigenvalue weighted by Crippen LogP contribution is 2.30. The molecule has 0 heterocycles. The second-order valence-corrected chi connectivity index (χ2v) is 6.59. The summed E-state index contributed by atoms with van der Waals surface area (Å²) in [6.45, 7) is 7.27. The number of oxime groups is 1. The largest absolute Gasteiger partial charge is 0.493 e. The van der Waals surface area contributed by atoms with Gasteiger partial charge in [-0.1, -0.05) is 44.1 Å². The van der Waals surface area contributed by atoms with E-state index in [1.54, 1.807) is 25.3 Å². The molecule has 2 aromatic carbocycles. The van der Waals surface area contributed by atoms with Gasteiger partial charge in [-0.15, -0.1) is 0 Å². The number of ether oxygens (including phenoxy) is 3. The second-order valence-electron chi connectivity index (χ2n) is 6.59. The lowest BCUT2D eigenvalue weighted by Crippen LogP contribution is -2.12. The molecule has 0 saturated heterocycles. The van der Waals surface area contributed by atoms with Gasteiger partial charge >= 0.3 is 0 Å². The Morgan fingerprint density at radius 3 is 2.28 bits per heavy atom. The number of benzene rings is 2. The summed E-state index contributed by atoms with van der Waals surface area (Å²) in [5, 5.41) is 11.8. The molecule has 0 aliphatic rings. The third-order valence-corrected chi connectivity index (χ3v) is 3.74. The van der Waals surface area contributed by atoms with Gasteiger partial charge in [-0.25, -0.2) is 0 Å².